The van der Waals surface area contributed by atoms with E-state index in [2.05, 4.69) is 11.6 Å². The van der Waals surface area contributed by atoms with E-state index in [0.29, 0.717) is 5.69 Å². The first-order valence-electron chi connectivity index (χ1n) is 5.03. The minimum Gasteiger partial charge on any atom is -0.236 e. The van der Waals surface area contributed by atoms with E-state index in [9.17, 15) is 8.42 Å². The van der Waals surface area contributed by atoms with E-state index in [-0.39, 0.29) is 4.90 Å². The molecule has 0 radical (unpaired) electrons. The first kappa shape index (κ1) is 11.6. The van der Waals surface area contributed by atoms with Gasteiger partial charge in [-0.15, -0.1) is 0 Å². The molecule has 0 aliphatic carbocycles. The molecule has 0 saturated carbocycles. The molecule has 1 aromatic heterocycles. The molecule has 0 N–H and O–H groups in total. The van der Waals surface area contributed by atoms with Crippen LogP contribution in [0.2, 0.25) is 0 Å². The molecule has 17 heavy (non-hydrogen) atoms. The molecule has 0 saturated heterocycles. The second kappa shape index (κ2) is 4.18. The molecule has 4 nitrogen and oxygen atoms in total. The molecule has 0 fully saturated rings. The van der Waals surface area contributed by atoms with Crippen LogP contribution >= 0.6 is 0 Å². The van der Waals surface area contributed by atoms with Crippen LogP contribution in [0.3, 0.4) is 0 Å². The maximum atomic E-state index is 12.2. The Hall–Kier alpha value is -1.88. The van der Waals surface area contributed by atoms with Gasteiger partial charge in [-0.1, -0.05) is 24.3 Å². The van der Waals surface area contributed by atoms with E-state index in [4.69, 9.17) is 0 Å². The molecule has 0 bridgehead atoms. The zero-order valence-corrected chi connectivity index (χ0v) is 10.2. The predicted octanol–water partition coefficient (Wildman–Crippen LogP) is 2.07. The number of aromatic nitrogens is 2. The Kier molecular flexibility index (Phi) is 2.85. The maximum Gasteiger partial charge on any atom is 0.268 e. The van der Waals surface area contributed by atoms with Gasteiger partial charge in [0.2, 0.25) is 0 Å². The third-order valence-electron chi connectivity index (χ3n) is 2.39. The summed E-state index contributed by atoms with van der Waals surface area (Å²) in [5.41, 5.74) is 1.54. The van der Waals surface area contributed by atoms with Crippen molar-refractivity contribution < 1.29 is 8.42 Å². The van der Waals surface area contributed by atoms with Crippen molar-refractivity contribution in [3.8, 4) is 0 Å². The average Bonchev–Trinajstić information content (AvgIpc) is 2.78. The SMILES string of the molecule is C=Cc1cn(S(=O)(=O)c2ccc(C)cc2)cn1. The van der Waals surface area contributed by atoms with E-state index >= 15 is 0 Å². The maximum absolute atomic E-state index is 12.2. The van der Waals surface area contributed by atoms with Gasteiger partial charge in [0.05, 0.1) is 10.6 Å². The minimum atomic E-state index is -3.54. The highest BCUT2D eigenvalue weighted by Gasteiger charge is 2.16. The molecular formula is C12H12N2O2S. The average molecular weight is 248 g/mol. The van der Waals surface area contributed by atoms with Gasteiger partial charge in [-0.25, -0.2) is 17.4 Å². The number of rotatable bonds is 3. The number of hydrogen-bond acceptors (Lipinski definition) is 3. The highest BCUT2D eigenvalue weighted by molar-refractivity contribution is 7.90. The molecule has 0 spiro atoms. The molecule has 2 aromatic rings. The smallest absolute Gasteiger partial charge is 0.236 e. The van der Waals surface area contributed by atoms with Crippen molar-refractivity contribution in [2.75, 3.05) is 0 Å². The molecule has 0 aliphatic heterocycles. The van der Waals surface area contributed by atoms with Crippen molar-refractivity contribution in [1.29, 1.82) is 0 Å². The molecule has 2 rings (SSSR count). The number of hydrogen-bond donors (Lipinski definition) is 0. The normalized spacial score (nSPS) is 11.4. The van der Waals surface area contributed by atoms with Crippen LogP contribution in [0.15, 0.2) is 48.3 Å². The van der Waals surface area contributed by atoms with Crippen LogP contribution in [-0.4, -0.2) is 17.4 Å². The topological polar surface area (TPSA) is 52.0 Å². The lowest BCUT2D eigenvalue weighted by atomic mass is 10.2. The van der Waals surface area contributed by atoms with E-state index < -0.39 is 10.0 Å². The van der Waals surface area contributed by atoms with Crippen molar-refractivity contribution in [1.82, 2.24) is 8.96 Å². The van der Waals surface area contributed by atoms with E-state index in [1.54, 1.807) is 24.3 Å². The lowest BCUT2D eigenvalue weighted by Gasteiger charge is -2.04. The highest BCUT2D eigenvalue weighted by Crippen LogP contribution is 2.14. The molecule has 0 aliphatic rings. The van der Waals surface area contributed by atoms with Crippen LogP contribution in [0.25, 0.3) is 6.08 Å². The van der Waals surface area contributed by atoms with Crippen molar-refractivity contribution in [2.24, 2.45) is 0 Å². The second-order valence-electron chi connectivity index (χ2n) is 3.65. The van der Waals surface area contributed by atoms with Gasteiger partial charge < -0.3 is 0 Å². The fourth-order valence-corrected chi connectivity index (χ4v) is 2.53. The molecular weight excluding hydrogens is 236 g/mol. The van der Waals surface area contributed by atoms with Gasteiger partial charge in [-0.2, -0.15) is 0 Å². The summed E-state index contributed by atoms with van der Waals surface area (Å²) in [4.78, 5) is 4.16. The molecule has 5 heteroatoms. The molecule has 1 aromatic carbocycles. The Bertz CT molecular complexity index is 639. The zero-order chi connectivity index (χ0) is 12.5. The second-order valence-corrected chi connectivity index (χ2v) is 5.49. The summed E-state index contributed by atoms with van der Waals surface area (Å²) >= 11 is 0. The van der Waals surface area contributed by atoms with Gasteiger partial charge in [-0.3, -0.25) is 0 Å². The van der Waals surface area contributed by atoms with Crippen molar-refractivity contribution >= 4 is 16.1 Å². The first-order valence-corrected chi connectivity index (χ1v) is 6.47. The van der Waals surface area contributed by atoms with Crippen LogP contribution in [0.4, 0.5) is 0 Å². The van der Waals surface area contributed by atoms with Gasteiger partial charge in [0, 0.05) is 6.20 Å². The standard InChI is InChI=1S/C12H12N2O2S/c1-3-11-8-14(9-13-11)17(15,16)12-6-4-10(2)5-7-12/h3-9H,1H2,2H3. The Morgan fingerprint density at radius 2 is 1.94 bits per heavy atom. The lowest BCUT2D eigenvalue weighted by Crippen LogP contribution is -2.10. The van der Waals surface area contributed by atoms with Crippen molar-refractivity contribution in [3.63, 3.8) is 0 Å². The number of nitrogens with zero attached hydrogens (tertiary/aromatic N) is 2. The van der Waals surface area contributed by atoms with Crippen LogP contribution in [0.5, 0.6) is 0 Å². The quantitative estimate of drug-likeness (QED) is 0.835. The first-order chi connectivity index (χ1) is 8.04. The largest absolute Gasteiger partial charge is 0.268 e. The predicted molar refractivity (Wildman–Crippen MR) is 66.1 cm³/mol. The number of aryl methyl sites for hydroxylation is 1. The third-order valence-corrected chi connectivity index (χ3v) is 4.01. The van der Waals surface area contributed by atoms with Crippen molar-refractivity contribution in [2.45, 2.75) is 11.8 Å². The summed E-state index contributed by atoms with van der Waals surface area (Å²) in [7, 11) is -3.54. The Labute approximate surface area is 100 Å². The lowest BCUT2D eigenvalue weighted by molar-refractivity contribution is 0.587. The minimum absolute atomic E-state index is 0.246. The van der Waals surface area contributed by atoms with Gasteiger partial charge in [-0.05, 0) is 25.1 Å². The van der Waals surface area contributed by atoms with E-state index in [1.165, 1.54) is 18.6 Å². The Morgan fingerprint density at radius 1 is 1.29 bits per heavy atom. The molecule has 1 heterocycles. The third kappa shape index (κ3) is 2.14. The fourth-order valence-electron chi connectivity index (χ4n) is 1.39. The van der Waals surface area contributed by atoms with Crippen LogP contribution < -0.4 is 0 Å². The van der Waals surface area contributed by atoms with E-state index in [1.807, 2.05) is 6.92 Å². The summed E-state index contributed by atoms with van der Waals surface area (Å²) < 4.78 is 25.4. The number of benzene rings is 1. The summed E-state index contributed by atoms with van der Waals surface area (Å²) in [5.74, 6) is 0. The van der Waals surface area contributed by atoms with Gasteiger partial charge in [0.25, 0.3) is 10.0 Å². The summed E-state index contributed by atoms with van der Waals surface area (Å²) in [6, 6.07) is 6.69. The monoisotopic (exact) mass is 248 g/mol. The fraction of sp³-hybridized carbons (Fsp3) is 0.0833. The van der Waals surface area contributed by atoms with Crippen LogP contribution in [0, 0.1) is 6.92 Å². The molecule has 0 atom stereocenters. The number of imidazole rings is 1. The summed E-state index contributed by atoms with van der Waals surface area (Å²) in [6.45, 7) is 5.45. The Morgan fingerprint density at radius 3 is 2.47 bits per heavy atom. The van der Waals surface area contributed by atoms with E-state index in [0.717, 1.165) is 9.54 Å². The molecule has 0 amide bonds. The van der Waals surface area contributed by atoms with Gasteiger partial charge in [0.1, 0.15) is 6.33 Å². The summed E-state index contributed by atoms with van der Waals surface area (Å²) in [5, 5.41) is 0. The molecule has 88 valence electrons. The van der Waals surface area contributed by atoms with Crippen molar-refractivity contribution in [3.05, 3.63) is 54.6 Å². The zero-order valence-electron chi connectivity index (χ0n) is 9.37. The molecule has 0 unspecified atom stereocenters. The van der Waals surface area contributed by atoms with Crippen LogP contribution in [0.1, 0.15) is 11.3 Å². The highest BCUT2D eigenvalue weighted by atomic mass is 32.2. The van der Waals surface area contributed by atoms with Gasteiger partial charge in [0.15, 0.2) is 0 Å². The summed E-state index contributed by atoms with van der Waals surface area (Å²) in [6.07, 6.45) is 4.20. The van der Waals surface area contributed by atoms with Crippen LogP contribution in [-0.2, 0) is 10.0 Å². The Balaban J connectivity index is 2.49. The van der Waals surface area contributed by atoms with Gasteiger partial charge >= 0.3 is 0 Å².